The lowest BCUT2D eigenvalue weighted by molar-refractivity contribution is 0.368. The first kappa shape index (κ1) is 11.0. The number of aromatic nitrogens is 2. The van der Waals surface area contributed by atoms with Crippen LogP contribution in [0.1, 0.15) is 5.56 Å². The summed E-state index contributed by atoms with van der Waals surface area (Å²) in [7, 11) is 0. The molecule has 0 unspecified atom stereocenters. The van der Waals surface area contributed by atoms with Gasteiger partial charge in [-0.1, -0.05) is 12.1 Å². The quantitative estimate of drug-likeness (QED) is 0.820. The summed E-state index contributed by atoms with van der Waals surface area (Å²) in [5, 5.41) is 18.2. The van der Waals surface area contributed by atoms with Gasteiger partial charge in [0.15, 0.2) is 6.61 Å². The van der Waals surface area contributed by atoms with Gasteiger partial charge in [0.2, 0.25) is 0 Å². The van der Waals surface area contributed by atoms with Crippen molar-refractivity contribution in [1.29, 1.82) is 5.26 Å². The van der Waals surface area contributed by atoms with Crippen LogP contribution in [0.15, 0.2) is 36.7 Å². The first-order valence-electron chi connectivity index (χ1n) is 5.20. The normalized spacial score (nSPS) is 9.59. The Labute approximate surface area is 99.0 Å². The molecular formula is C12H12N4O. The van der Waals surface area contributed by atoms with Crippen LogP contribution in [0.2, 0.25) is 0 Å². The van der Waals surface area contributed by atoms with Crippen molar-refractivity contribution in [1.82, 2.24) is 10.2 Å². The lowest BCUT2D eigenvalue weighted by Gasteiger charge is -2.06. The van der Waals surface area contributed by atoms with Crippen LogP contribution in [-0.4, -0.2) is 16.8 Å². The predicted octanol–water partition coefficient (Wildman–Crippen LogP) is 1.92. The zero-order chi connectivity index (χ0) is 11.9. The molecule has 17 heavy (non-hydrogen) atoms. The molecule has 0 amide bonds. The van der Waals surface area contributed by atoms with Crippen LogP contribution in [0.25, 0.3) is 0 Å². The molecule has 1 aromatic heterocycles. The smallest absolute Gasteiger partial charge is 0.174 e. The Balaban J connectivity index is 1.94. The SMILES string of the molecule is N#CCOc1cccc(CNc2cn[nH]c2)c1. The average Bonchev–Trinajstić information content (AvgIpc) is 2.87. The highest BCUT2D eigenvalue weighted by atomic mass is 16.5. The van der Waals surface area contributed by atoms with E-state index in [1.54, 1.807) is 12.4 Å². The fraction of sp³-hybridized carbons (Fsp3) is 0.167. The molecule has 0 aliphatic heterocycles. The molecule has 5 nitrogen and oxygen atoms in total. The molecule has 1 aromatic carbocycles. The van der Waals surface area contributed by atoms with Crippen LogP contribution in [0, 0.1) is 11.3 Å². The lowest BCUT2D eigenvalue weighted by atomic mass is 10.2. The minimum absolute atomic E-state index is 0.0681. The number of hydrogen-bond donors (Lipinski definition) is 2. The van der Waals surface area contributed by atoms with E-state index in [0.29, 0.717) is 12.3 Å². The van der Waals surface area contributed by atoms with Gasteiger partial charge in [-0.2, -0.15) is 10.4 Å². The van der Waals surface area contributed by atoms with Crippen molar-refractivity contribution in [2.45, 2.75) is 6.54 Å². The van der Waals surface area contributed by atoms with Crippen molar-refractivity contribution in [3.8, 4) is 11.8 Å². The number of rotatable bonds is 5. The summed E-state index contributed by atoms with van der Waals surface area (Å²) in [6.07, 6.45) is 3.51. The van der Waals surface area contributed by atoms with E-state index < -0.39 is 0 Å². The number of benzene rings is 1. The number of nitriles is 1. The van der Waals surface area contributed by atoms with Gasteiger partial charge in [-0.25, -0.2) is 0 Å². The number of anilines is 1. The van der Waals surface area contributed by atoms with Crippen LogP contribution in [0.5, 0.6) is 5.75 Å². The van der Waals surface area contributed by atoms with Gasteiger partial charge >= 0.3 is 0 Å². The first-order chi connectivity index (χ1) is 8.38. The van der Waals surface area contributed by atoms with Crippen LogP contribution in [0.3, 0.4) is 0 Å². The molecule has 1 heterocycles. The molecule has 0 radical (unpaired) electrons. The molecule has 0 saturated carbocycles. The lowest BCUT2D eigenvalue weighted by Crippen LogP contribution is -1.99. The minimum Gasteiger partial charge on any atom is -0.479 e. The van der Waals surface area contributed by atoms with E-state index in [4.69, 9.17) is 10.00 Å². The highest BCUT2D eigenvalue weighted by molar-refractivity contribution is 5.39. The molecule has 2 aromatic rings. The second-order valence-corrected chi connectivity index (χ2v) is 3.43. The summed E-state index contributed by atoms with van der Waals surface area (Å²) in [4.78, 5) is 0. The Bertz CT molecular complexity index is 501. The zero-order valence-corrected chi connectivity index (χ0v) is 9.18. The molecule has 2 rings (SSSR count). The molecule has 86 valence electrons. The number of H-pyrrole nitrogens is 1. The monoisotopic (exact) mass is 228 g/mol. The summed E-state index contributed by atoms with van der Waals surface area (Å²) in [5.41, 5.74) is 2.02. The Morgan fingerprint density at radius 1 is 1.47 bits per heavy atom. The van der Waals surface area contributed by atoms with Crippen LogP contribution >= 0.6 is 0 Å². The van der Waals surface area contributed by atoms with Gasteiger partial charge < -0.3 is 10.1 Å². The zero-order valence-electron chi connectivity index (χ0n) is 9.18. The van der Waals surface area contributed by atoms with E-state index in [-0.39, 0.29) is 6.61 Å². The number of ether oxygens (including phenoxy) is 1. The summed E-state index contributed by atoms with van der Waals surface area (Å²) in [6, 6.07) is 9.57. The van der Waals surface area contributed by atoms with Gasteiger partial charge in [0.05, 0.1) is 11.9 Å². The molecule has 0 saturated heterocycles. The van der Waals surface area contributed by atoms with Gasteiger partial charge in [0.25, 0.3) is 0 Å². The molecular weight excluding hydrogens is 216 g/mol. The number of nitrogens with one attached hydrogen (secondary N) is 2. The highest BCUT2D eigenvalue weighted by Gasteiger charge is 1.98. The Hall–Kier alpha value is -2.48. The van der Waals surface area contributed by atoms with E-state index in [1.807, 2.05) is 30.3 Å². The first-order valence-corrected chi connectivity index (χ1v) is 5.20. The number of aromatic amines is 1. The standard InChI is InChI=1S/C12H12N4O/c13-4-5-17-12-3-1-2-10(6-12)7-14-11-8-15-16-9-11/h1-3,6,8-9,14H,5,7H2,(H,15,16). The third-order valence-corrected chi connectivity index (χ3v) is 2.20. The largest absolute Gasteiger partial charge is 0.479 e. The fourth-order valence-corrected chi connectivity index (χ4v) is 1.41. The van der Waals surface area contributed by atoms with Crippen molar-refractivity contribution in [2.75, 3.05) is 11.9 Å². The van der Waals surface area contributed by atoms with Gasteiger partial charge in [-0.15, -0.1) is 0 Å². The Morgan fingerprint density at radius 3 is 3.18 bits per heavy atom. The van der Waals surface area contributed by atoms with E-state index in [9.17, 15) is 0 Å². The second-order valence-electron chi connectivity index (χ2n) is 3.43. The summed E-state index contributed by atoms with van der Waals surface area (Å²) >= 11 is 0. The third kappa shape index (κ3) is 3.24. The van der Waals surface area contributed by atoms with Crippen molar-refractivity contribution in [3.05, 3.63) is 42.2 Å². The maximum Gasteiger partial charge on any atom is 0.174 e. The molecule has 0 atom stereocenters. The topological polar surface area (TPSA) is 73.7 Å². The van der Waals surface area contributed by atoms with E-state index >= 15 is 0 Å². The minimum atomic E-state index is 0.0681. The van der Waals surface area contributed by atoms with Gasteiger partial charge in [0, 0.05) is 12.7 Å². The molecule has 0 fully saturated rings. The molecule has 0 spiro atoms. The van der Waals surface area contributed by atoms with Gasteiger partial charge in [-0.3, -0.25) is 5.10 Å². The number of nitrogens with zero attached hydrogens (tertiary/aromatic N) is 2. The third-order valence-electron chi connectivity index (χ3n) is 2.20. The van der Waals surface area contributed by atoms with E-state index in [1.165, 1.54) is 0 Å². The molecule has 0 aliphatic carbocycles. The van der Waals surface area contributed by atoms with Crippen molar-refractivity contribution in [3.63, 3.8) is 0 Å². The summed E-state index contributed by atoms with van der Waals surface area (Å²) in [6.45, 7) is 0.752. The maximum absolute atomic E-state index is 8.43. The molecule has 0 aliphatic rings. The predicted molar refractivity (Wildman–Crippen MR) is 63.5 cm³/mol. The van der Waals surface area contributed by atoms with E-state index in [0.717, 1.165) is 11.3 Å². The van der Waals surface area contributed by atoms with Gasteiger partial charge in [0.1, 0.15) is 11.8 Å². The van der Waals surface area contributed by atoms with Crippen molar-refractivity contribution < 1.29 is 4.74 Å². The molecule has 2 N–H and O–H groups in total. The van der Waals surface area contributed by atoms with E-state index in [2.05, 4.69) is 15.5 Å². The average molecular weight is 228 g/mol. The fourth-order valence-electron chi connectivity index (χ4n) is 1.41. The van der Waals surface area contributed by atoms with Gasteiger partial charge in [-0.05, 0) is 17.7 Å². The van der Waals surface area contributed by atoms with Crippen LogP contribution in [-0.2, 0) is 6.54 Å². The Morgan fingerprint density at radius 2 is 2.41 bits per heavy atom. The second kappa shape index (κ2) is 5.56. The van der Waals surface area contributed by atoms with Crippen molar-refractivity contribution in [2.24, 2.45) is 0 Å². The van der Waals surface area contributed by atoms with Crippen LogP contribution < -0.4 is 10.1 Å². The molecule has 0 bridgehead atoms. The van der Waals surface area contributed by atoms with Crippen molar-refractivity contribution >= 4 is 5.69 Å². The Kier molecular flexibility index (Phi) is 3.61. The summed E-state index contributed by atoms with van der Waals surface area (Å²) in [5.74, 6) is 0.707. The highest BCUT2D eigenvalue weighted by Crippen LogP contribution is 2.14. The molecule has 5 heteroatoms. The maximum atomic E-state index is 8.43. The van der Waals surface area contributed by atoms with Crippen LogP contribution in [0.4, 0.5) is 5.69 Å². The summed E-state index contributed by atoms with van der Waals surface area (Å²) < 4.78 is 5.23. The number of hydrogen-bond acceptors (Lipinski definition) is 4.